The number of anilines is 1. The molecule has 1 heterocycles. The Bertz CT molecular complexity index is 513. The minimum absolute atomic E-state index is 0.0699. The van der Waals surface area contributed by atoms with E-state index in [1.807, 2.05) is 6.92 Å². The van der Waals surface area contributed by atoms with Crippen LogP contribution in [0.25, 0.3) is 0 Å². The van der Waals surface area contributed by atoms with Gasteiger partial charge >= 0.3 is 6.09 Å². The Morgan fingerprint density at radius 3 is 2.64 bits per heavy atom. The molecule has 5 heteroatoms. The number of carbonyl (C=O) groups is 2. The summed E-state index contributed by atoms with van der Waals surface area (Å²) in [6.45, 7) is 5.16. The van der Waals surface area contributed by atoms with Crippen molar-refractivity contribution in [2.45, 2.75) is 45.6 Å². The molecule has 0 bridgehead atoms. The molecular weight excluding hydrogens is 280 g/mol. The SMILES string of the molecule is CCCCC[C@H](C)NC(=O)c1ccc(N2CCOC2=O)cc1. The first kappa shape index (κ1) is 16.3. The Hall–Kier alpha value is -2.04. The first-order valence-electron chi connectivity index (χ1n) is 7.97. The van der Waals surface area contributed by atoms with Gasteiger partial charge in [0.25, 0.3) is 5.91 Å². The van der Waals surface area contributed by atoms with Crippen LogP contribution in [0.3, 0.4) is 0 Å². The highest BCUT2D eigenvalue weighted by Crippen LogP contribution is 2.19. The van der Waals surface area contributed by atoms with Crippen LogP contribution in [-0.2, 0) is 4.74 Å². The van der Waals surface area contributed by atoms with Crippen LogP contribution in [0.2, 0.25) is 0 Å². The van der Waals surface area contributed by atoms with Crippen molar-refractivity contribution < 1.29 is 14.3 Å². The van der Waals surface area contributed by atoms with Crippen LogP contribution in [0.1, 0.15) is 49.9 Å². The second-order valence-corrected chi connectivity index (χ2v) is 5.68. The van der Waals surface area contributed by atoms with Crippen LogP contribution >= 0.6 is 0 Å². The lowest BCUT2D eigenvalue weighted by atomic mass is 10.1. The molecule has 0 aromatic heterocycles. The molecule has 0 radical (unpaired) electrons. The normalized spacial score (nSPS) is 15.5. The van der Waals surface area contributed by atoms with E-state index in [1.165, 1.54) is 12.8 Å². The van der Waals surface area contributed by atoms with Gasteiger partial charge < -0.3 is 10.1 Å². The third-order valence-electron chi connectivity index (χ3n) is 3.82. The Labute approximate surface area is 131 Å². The Balaban J connectivity index is 1.89. The van der Waals surface area contributed by atoms with E-state index >= 15 is 0 Å². The topological polar surface area (TPSA) is 58.6 Å². The number of hydrogen-bond acceptors (Lipinski definition) is 3. The molecule has 1 aromatic carbocycles. The highest BCUT2D eigenvalue weighted by Gasteiger charge is 2.23. The largest absolute Gasteiger partial charge is 0.447 e. The Morgan fingerprint density at radius 1 is 1.32 bits per heavy atom. The van der Waals surface area contributed by atoms with Crippen LogP contribution in [0, 0.1) is 0 Å². The van der Waals surface area contributed by atoms with E-state index in [4.69, 9.17) is 4.74 Å². The van der Waals surface area contributed by atoms with E-state index in [9.17, 15) is 9.59 Å². The second-order valence-electron chi connectivity index (χ2n) is 5.68. The summed E-state index contributed by atoms with van der Waals surface area (Å²) in [5.41, 5.74) is 1.37. The van der Waals surface area contributed by atoms with Gasteiger partial charge in [-0.3, -0.25) is 9.69 Å². The molecular formula is C17H24N2O3. The highest BCUT2D eigenvalue weighted by atomic mass is 16.6. The monoisotopic (exact) mass is 304 g/mol. The first-order valence-corrected chi connectivity index (χ1v) is 7.97. The third-order valence-corrected chi connectivity index (χ3v) is 3.82. The number of nitrogens with zero attached hydrogens (tertiary/aromatic N) is 1. The number of ether oxygens (including phenoxy) is 1. The van der Waals surface area contributed by atoms with Crippen LogP contribution in [0.15, 0.2) is 24.3 Å². The van der Waals surface area contributed by atoms with Crippen molar-refractivity contribution in [2.24, 2.45) is 0 Å². The Kier molecular flexibility index (Phi) is 5.81. The summed E-state index contributed by atoms with van der Waals surface area (Å²) in [7, 11) is 0. The molecule has 1 fully saturated rings. The molecule has 5 nitrogen and oxygen atoms in total. The molecule has 1 aliphatic rings. The number of rotatable bonds is 7. The standard InChI is InChI=1S/C17H24N2O3/c1-3-4-5-6-13(2)18-16(20)14-7-9-15(10-8-14)19-11-12-22-17(19)21/h7-10,13H,3-6,11-12H2,1-2H3,(H,18,20)/t13-/m0/s1. The summed E-state index contributed by atoms with van der Waals surface area (Å²) in [5, 5.41) is 3.01. The number of benzene rings is 1. The quantitative estimate of drug-likeness (QED) is 0.786. The van der Waals surface area contributed by atoms with Crippen LogP contribution < -0.4 is 10.2 Å². The first-order chi connectivity index (χ1) is 10.6. The number of unbranched alkanes of at least 4 members (excludes halogenated alkanes) is 2. The molecule has 1 aromatic rings. The number of cyclic esters (lactones) is 1. The fraction of sp³-hybridized carbons (Fsp3) is 0.529. The van der Waals surface area contributed by atoms with Crippen molar-refractivity contribution in [2.75, 3.05) is 18.1 Å². The minimum atomic E-state index is -0.332. The summed E-state index contributed by atoms with van der Waals surface area (Å²) in [6, 6.07) is 7.23. The van der Waals surface area contributed by atoms with Crippen LogP contribution in [0.5, 0.6) is 0 Å². The van der Waals surface area contributed by atoms with Gasteiger partial charge in [0.1, 0.15) is 6.61 Å². The maximum absolute atomic E-state index is 12.2. The van der Waals surface area contributed by atoms with Crippen molar-refractivity contribution in [3.8, 4) is 0 Å². The van der Waals surface area contributed by atoms with Crippen molar-refractivity contribution in [3.63, 3.8) is 0 Å². The maximum Gasteiger partial charge on any atom is 0.414 e. The van der Waals surface area contributed by atoms with Gasteiger partial charge in [0.15, 0.2) is 0 Å². The predicted molar refractivity (Wildman–Crippen MR) is 86.2 cm³/mol. The molecule has 1 saturated heterocycles. The van der Waals surface area contributed by atoms with Crippen molar-refractivity contribution in [1.29, 1.82) is 0 Å². The Morgan fingerprint density at radius 2 is 2.05 bits per heavy atom. The van der Waals surface area contributed by atoms with Gasteiger partial charge in [-0.15, -0.1) is 0 Å². The molecule has 0 spiro atoms. The van der Waals surface area contributed by atoms with Gasteiger partial charge in [0.2, 0.25) is 0 Å². The van der Waals surface area contributed by atoms with Gasteiger partial charge in [0.05, 0.1) is 6.54 Å². The molecule has 120 valence electrons. The van der Waals surface area contributed by atoms with E-state index in [0.29, 0.717) is 18.7 Å². The number of amides is 2. The molecule has 2 amide bonds. The van der Waals surface area contributed by atoms with Crippen molar-refractivity contribution >= 4 is 17.7 Å². The zero-order valence-corrected chi connectivity index (χ0v) is 13.3. The van der Waals surface area contributed by atoms with Crippen molar-refractivity contribution in [1.82, 2.24) is 5.32 Å². The third kappa shape index (κ3) is 4.23. The molecule has 2 rings (SSSR count). The molecule has 1 aliphatic heterocycles. The zero-order valence-electron chi connectivity index (χ0n) is 13.3. The summed E-state index contributed by atoms with van der Waals surface area (Å²) in [5.74, 6) is -0.0699. The average molecular weight is 304 g/mol. The van der Waals surface area contributed by atoms with Gasteiger partial charge in [-0.25, -0.2) is 4.79 Å². The zero-order chi connectivity index (χ0) is 15.9. The van der Waals surface area contributed by atoms with E-state index < -0.39 is 0 Å². The molecule has 22 heavy (non-hydrogen) atoms. The molecule has 1 atom stereocenters. The van der Waals surface area contributed by atoms with E-state index in [1.54, 1.807) is 29.2 Å². The number of hydrogen-bond donors (Lipinski definition) is 1. The predicted octanol–water partition coefficient (Wildman–Crippen LogP) is 3.34. The lowest BCUT2D eigenvalue weighted by Gasteiger charge is -2.15. The van der Waals surface area contributed by atoms with Gasteiger partial charge in [-0.1, -0.05) is 26.2 Å². The molecule has 0 saturated carbocycles. The fourth-order valence-electron chi connectivity index (χ4n) is 2.50. The van der Waals surface area contributed by atoms with Gasteiger partial charge in [-0.05, 0) is 37.6 Å². The van der Waals surface area contributed by atoms with Gasteiger partial charge in [-0.2, -0.15) is 0 Å². The fourth-order valence-corrected chi connectivity index (χ4v) is 2.50. The van der Waals surface area contributed by atoms with E-state index in [0.717, 1.165) is 18.5 Å². The smallest absolute Gasteiger partial charge is 0.414 e. The molecule has 0 aliphatic carbocycles. The van der Waals surface area contributed by atoms with Crippen molar-refractivity contribution in [3.05, 3.63) is 29.8 Å². The summed E-state index contributed by atoms with van der Waals surface area (Å²) in [6.07, 6.45) is 4.18. The average Bonchev–Trinajstić information content (AvgIpc) is 2.94. The van der Waals surface area contributed by atoms with Crippen LogP contribution in [-0.4, -0.2) is 31.2 Å². The molecule has 0 unspecified atom stereocenters. The minimum Gasteiger partial charge on any atom is -0.447 e. The molecule has 1 N–H and O–H groups in total. The van der Waals surface area contributed by atoms with Crippen LogP contribution in [0.4, 0.5) is 10.5 Å². The summed E-state index contributed by atoms with van der Waals surface area (Å²) in [4.78, 5) is 25.2. The van der Waals surface area contributed by atoms with E-state index in [-0.39, 0.29) is 18.0 Å². The number of nitrogens with one attached hydrogen (secondary N) is 1. The lowest BCUT2D eigenvalue weighted by molar-refractivity contribution is 0.0938. The number of carbonyl (C=O) groups excluding carboxylic acids is 2. The highest BCUT2D eigenvalue weighted by molar-refractivity contribution is 5.95. The second kappa shape index (κ2) is 7.82. The van der Waals surface area contributed by atoms with E-state index in [2.05, 4.69) is 12.2 Å². The van der Waals surface area contributed by atoms with Gasteiger partial charge in [0, 0.05) is 17.3 Å². The maximum atomic E-state index is 12.2. The summed E-state index contributed by atoms with van der Waals surface area (Å²) >= 11 is 0. The summed E-state index contributed by atoms with van der Waals surface area (Å²) < 4.78 is 4.90. The lowest BCUT2D eigenvalue weighted by Crippen LogP contribution is -2.32.